The lowest BCUT2D eigenvalue weighted by Crippen LogP contribution is -2.30. The molecule has 0 aliphatic carbocycles. The first-order chi connectivity index (χ1) is 39.0. The van der Waals surface area contributed by atoms with Crippen LogP contribution >= 0.6 is 0 Å². The maximum atomic E-state index is 12.9. The lowest BCUT2D eigenvalue weighted by atomic mass is 10.0. The molecule has 0 N–H and O–H groups in total. The SMILES string of the molecule is CC/C=C\C/C=C\C/C=C\C/C=C\C/C=C\CC(=O)OCC(COC(=O)CCCCCCCCCCCCCCCCCCC/C=C\CCCCCCCCCC)OC(=O)CCCCCCCCC/C=C\C/C=C\C/C=C\CC. The van der Waals surface area contributed by atoms with Crippen LogP contribution in [0.4, 0.5) is 0 Å². The summed E-state index contributed by atoms with van der Waals surface area (Å²) in [6.07, 6.45) is 91.5. The first kappa shape index (κ1) is 75.1. The van der Waals surface area contributed by atoms with Crippen LogP contribution in [0.25, 0.3) is 0 Å². The van der Waals surface area contributed by atoms with Crippen molar-refractivity contribution >= 4 is 17.9 Å². The van der Waals surface area contributed by atoms with Gasteiger partial charge in [0.15, 0.2) is 6.10 Å². The van der Waals surface area contributed by atoms with Crippen LogP contribution in [0.1, 0.15) is 316 Å². The normalized spacial score (nSPS) is 12.8. The fourth-order valence-electron chi connectivity index (χ4n) is 9.35. The van der Waals surface area contributed by atoms with Gasteiger partial charge in [-0.1, -0.05) is 304 Å². The summed E-state index contributed by atoms with van der Waals surface area (Å²) in [5.41, 5.74) is 0. The second-order valence-corrected chi connectivity index (χ2v) is 22.0. The van der Waals surface area contributed by atoms with Crippen LogP contribution in [0, 0.1) is 0 Å². The molecular weight excluding hydrogens is 973 g/mol. The minimum absolute atomic E-state index is 0.111. The Labute approximate surface area is 489 Å². The smallest absolute Gasteiger partial charge is 0.309 e. The van der Waals surface area contributed by atoms with Gasteiger partial charge in [0.1, 0.15) is 13.2 Å². The first-order valence-electron chi connectivity index (χ1n) is 33.4. The molecule has 6 nitrogen and oxygen atoms in total. The van der Waals surface area contributed by atoms with Crippen molar-refractivity contribution in [3.63, 3.8) is 0 Å². The van der Waals surface area contributed by atoms with Gasteiger partial charge in [-0.3, -0.25) is 14.4 Å². The Kier molecular flexibility index (Phi) is 63.3. The van der Waals surface area contributed by atoms with E-state index in [1.165, 1.54) is 173 Å². The predicted octanol–water partition coefficient (Wildman–Crippen LogP) is 23.0. The molecule has 0 saturated heterocycles. The molecule has 0 radical (unpaired) electrons. The van der Waals surface area contributed by atoms with Gasteiger partial charge in [0.05, 0.1) is 6.42 Å². The van der Waals surface area contributed by atoms with E-state index in [-0.39, 0.29) is 31.6 Å². The number of ether oxygens (including phenoxy) is 3. The minimum Gasteiger partial charge on any atom is -0.462 e. The second kappa shape index (κ2) is 66.6. The van der Waals surface area contributed by atoms with Gasteiger partial charge in [-0.15, -0.1) is 0 Å². The molecule has 0 rings (SSSR count). The average molecular weight is 1100 g/mol. The Balaban J connectivity index is 4.31. The molecule has 452 valence electrons. The van der Waals surface area contributed by atoms with Gasteiger partial charge < -0.3 is 14.2 Å². The summed E-state index contributed by atoms with van der Waals surface area (Å²) < 4.78 is 16.8. The summed E-state index contributed by atoms with van der Waals surface area (Å²) in [5, 5.41) is 0. The van der Waals surface area contributed by atoms with E-state index < -0.39 is 12.1 Å². The Hall–Kier alpha value is -3.93. The van der Waals surface area contributed by atoms with E-state index in [4.69, 9.17) is 14.2 Å². The van der Waals surface area contributed by atoms with E-state index >= 15 is 0 Å². The van der Waals surface area contributed by atoms with Crippen LogP contribution in [0.2, 0.25) is 0 Å². The fraction of sp³-hybridized carbons (Fsp3) is 0.712. The quantitative estimate of drug-likeness (QED) is 0.0261. The average Bonchev–Trinajstić information content (AvgIpc) is 3.45. The highest BCUT2D eigenvalue weighted by Crippen LogP contribution is 2.17. The van der Waals surface area contributed by atoms with Crippen molar-refractivity contribution in [3.8, 4) is 0 Å². The molecule has 1 atom stereocenters. The van der Waals surface area contributed by atoms with Crippen molar-refractivity contribution in [1.82, 2.24) is 0 Å². The van der Waals surface area contributed by atoms with Gasteiger partial charge >= 0.3 is 17.9 Å². The number of esters is 3. The van der Waals surface area contributed by atoms with Gasteiger partial charge in [-0.25, -0.2) is 0 Å². The summed E-state index contributed by atoms with van der Waals surface area (Å²) in [4.78, 5) is 38.3. The zero-order valence-electron chi connectivity index (χ0n) is 51.9. The number of carbonyl (C=O) groups excluding carboxylic acids is 3. The molecule has 0 aliphatic heterocycles. The molecule has 0 aromatic carbocycles. The number of unbranched alkanes of at least 4 members (excludes halogenated alkanes) is 32. The summed E-state index contributed by atoms with van der Waals surface area (Å²) in [6.45, 7) is 6.35. The zero-order chi connectivity index (χ0) is 57.1. The summed E-state index contributed by atoms with van der Waals surface area (Å²) in [6, 6.07) is 0. The maximum Gasteiger partial charge on any atom is 0.309 e. The Bertz CT molecular complexity index is 1590. The third kappa shape index (κ3) is 64.8. The van der Waals surface area contributed by atoms with Gasteiger partial charge in [-0.05, 0) is 103 Å². The summed E-state index contributed by atoms with van der Waals surface area (Å²) >= 11 is 0. The van der Waals surface area contributed by atoms with Crippen LogP contribution < -0.4 is 0 Å². The molecular formula is C73H124O6. The van der Waals surface area contributed by atoms with Crippen molar-refractivity contribution in [2.75, 3.05) is 13.2 Å². The fourth-order valence-corrected chi connectivity index (χ4v) is 9.35. The highest BCUT2D eigenvalue weighted by Gasteiger charge is 2.19. The van der Waals surface area contributed by atoms with Gasteiger partial charge in [0, 0.05) is 12.8 Å². The maximum absolute atomic E-state index is 12.9. The van der Waals surface area contributed by atoms with E-state index in [9.17, 15) is 14.4 Å². The molecule has 1 unspecified atom stereocenters. The van der Waals surface area contributed by atoms with Gasteiger partial charge in [0.25, 0.3) is 0 Å². The molecule has 0 heterocycles. The van der Waals surface area contributed by atoms with Crippen molar-refractivity contribution in [1.29, 1.82) is 0 Å². The second-order valence-electron chi connectivity index (χ2n) is 22.0. The van der Waals surface area contributed by atoms with Crippen LogP contribution in [-0.2, 0) is 28.6 Å². The first-order valence-corrected chi connectivity index (χ1v) is 33.4. The Morgan fingerprint density at radius 2 is 0.544 bits per heavy atom. The van der Waals surface area contributed by atoms with Crippen LogP contribution in [-0.4, -0.2) is 37.2 Å². The standard InChI is InChI=1S/C73H124O6/c1-4-7-10-13-16-19-22-25-28-30-31-32-33-34-35-36-37-38-39-40-41-43-45-48-51-54-57-60-63-66-72(75)78-69-70(68-77-71(74)65-62-59-56-53-50-47-44-27-24-21-18-15-12-9-6-3)79-73(76)67-64-61-58-55-52-49-46-42-29-26-23-20-17-14-11-8-5-2/h8-9,11-12,17-18,20-21,26-27,29-31,44,50,53,59,62,70H,4-7,10,13-16,19,22-25,28,32-43,45-49,51-52,54-58,60-61,63-69H2,1-3H3/b11-8-,12-9-,20-17-,21-18-,29-26-,31-30-,44-27-,53-50-,62-59-. The van der Waals surface area contributed by atoms with E-state index in [0.717, 1.165) is 103 Å². The number of hydrogen-bond acceptors (Lipinski definition) is 6. The largest absolute Gasteiger partial charge is 0.462 e. The summed E-state index contributed by atoms with van der Waals surface area (Å²) in [5.74, 6) is -1.05. The Morgan fingerprint density at radius 3 is 0.899 bits per heavy atom. The van der Waals surface area contributed by atoms with Gasteiger partial charge in [-0.2, -0.15) is 0 Å². The number of allylic oxidation sites excluding steroid dienone is 17. The molecule has 6 heteroatoms. The molecule has 0 aromatic rings. The molecule has 79 heavy (non-hydrogen) atoms. The van der Waals surface area contributed by atoms with E-state index in [1.807, 2.05) is 6.08 Å². The van der Waals surface area contributed by atoms with Crippen molar-refractivity contribution in [2.24, 2.45) is 0 Å². The highest BCUT2D eigenvalue weighted by atomic mass is 16.6. The van der Waals surface area contributed by atoms with Crippen molar-refractivity contribution in [3.05, 3.63) is 109 Å². The monoisotopic (exact) mass is 1100 g/mol. The van der Waals surface area contributed by atoms with Crippen LogP contribution in [0.15, 0.2) is 109 Å². The Morgan fingerprint density at radius 1 is 0.278 bits per heavy atom. The van der Waals surface area contributed by atoms with Crippen LogP contribution in [0.3, 0.4) is 0 Å². The van der Waals surface area contributed by atoms with E-state index in [0.29, 0.717) is 12.8 Å². The van der Waals surface area contributed by atoms with Crippen molar-refractivity contribution in [2.45, 2.75) is 322 Å². The van der Waals surface area contributed by atoms with E-state index in [2.05, 4.69) is 118 Å². The molecule has 0 aliphatic rings. The van der Waals surface area contributed by atoms with Gasteiger partial charge in [0.2, 0.25) is 0 Å². The van der Waals surface area contributed by atoms with Crippen molar-refractivity contribution < 1.29 is 28.6 Å². The molecule has 0 saturated carbocycles. The molecule has 0 bridgehead atoms. The topological polar surface area (TPSA) is 78.9 Å². The zero-order valence-corrected chi connectivity index (χ0v) is 51.9. The minimum atomic E-state index is -0.825. The number of carbonyl (C=O) groups is 3. The predicted molar refractivity (Wildman–Crippen MR) is 343 cm³/mol. The number of hydrogen-bond donors (Lipinski definition) is 0. The number of rotatable bonds is 60. The lowest BCUT2D eigenvalue weighted by molar-refractivity contribution is -0.166. The highest BCUT2D eigenvalue weighted by molar-refractivity contribution is 5.72. The third-order valence-electron chi connectivity index (χ3n) is 14.3. The third-order valence-corrected chi connectivity index (χ3v) is 14.3. The molecule has 0 spiro atoms. The summed E-state index contributed by atoms with van der Waals surface area (Å²) in [7, 11) is 0. The molecule has 0 aromatic heterocycles. The van der Waals surface area contributed by atoms with Crippen LogP contribution in [0.5, 0.6) is 0 Å². The molecule has 0 amide bonds. The van der Waals surface area contributed by atoms with E-state index in [1.54, 1.807) is 6.08 Å². The lowest BCUT2D eigenvalue weighted by Gasteiger charge is -2.18. The molecule has 0 fully saturated rings.